The number of nitrogens with one attached hydrogen (secondary N) is 1. The van der Waals surface area contributed by atoms with Crippen LogP contribution in [0.1, 0.15) is 52.4 Å². The van der Waals surface area contributed by atoms with Crippen LogP contribution < -0.4 is 5.32 Å². The van der Waals surface area contributed by atoms with E-state index >= 15 is 0 Å². The maximum Gasteiger partial charge on any atom is 0.0986 e. The third-order valence-electron chi connectivity index (χ3n) is 4.78. The van der Waals surface area contributed by atoms with Crippen molar-refractivity contribution in [2.24, 2.45) is 5.92 Å². The molecular weight excluding hydrogens is 226 g/mol. The molecule has 1 N–H and O–H groups in total. The first-order valence-corrected chi connectivity index (χ1v) is 7.68. The molecule has 18 heavy (non-hydrogen) atoms. The molecule has 106 valence electrons. The van der Waals surface area contributed by atoms with Crippen molar-refractivity contribution >= 4 is 0 Å². The van der Waals surface area contributed by atoms with Gasteiger partial charge in [0.25, 0.3) is 0 Å². The molecule has 0 aromatic heterocycles. The van der Waals surface area contributed by atoms with Gasteiger partial charge in [-0.1, -0.05) is 13.3 Å². The lowest BCUT2D eigenvalue weighted by Crippen LogP contribution is -2.62. The summed E-state index contributed by atoms with van der Waals surface area (Å²) in [4.78, 5) is 0. The highest BCUT2D eigenvalue weighted by Crippen LogP contribution is 2.31. The lowest BCUT2D eigenvalue weighted by molar-refractivity contribution is -0.133. The molecule has 0 radical (unpaired) electrons. The summed E-state index contributed by atoms with van der Waals surface area (Å²) >= 11 is 0. The summed E-state index contributed by atoms with van der Waals surface area (Å²) in [7, 11) is 1.80. The molecule has 0 saturated heterocycles. The Morgan fingerprint density at radius 2 is 1.83 bits per heavy atom. The average Bonchev–Trinajstić information content (AvgIpc) is 2.38. The molecular formula is C15H29NO2. The highest BCUT2D eigenvalue weighted by molar-refractivity contribution is 4.98. The predicted molar refractivity (Wildman–Crippen MR) is 73.8 cm³/mol. The average molecular weight is 255 g/mol. The van der Waals surface area contributed by atoms with Crippen molar-refractivity contribution in [3.63, 3.8) is 0 Å². The molecule has 0 heterocycles. The van der Waals surface area contributed by atoms with E-state index in [2.05, 4.69) is 19.2 Å². The number of hydrogen-bond acceptors (Lipinski definition) is 3. The molecule has 0 spiro atoms. The van der Waals surface area contributed by atoms with Gasteiger partial charge in [0.05, 0.1) is 12.2 Å². The van der Waals surface area contributed by atoms with Gasteiger partial charge < -0.3 is 14.8 Å². The van der Waals surface area contributed by atoms with Crippen LogP contribution in [0.5, 0.6) is 0 Å². The summed E-state index contributed by atoms with van der Waals surface area (Å²) in [6.45, 7) is 5.16. The largest absolute Gasteiger partial charge is 0.377 e. The van der Waals surface area contributed by atoms with Crippen LogP contribution in [0, 0.1) is 5.92 Å². The normalized spacial score (nSPS) is 40.5. The molecule has 0 aliphatic heterocycles. The zero-order chi connectivity index (χ0) is 13.0. The minimum Gasteiger partial charge on any atom is -0.377 e. The van der Waals surface area contributed by atoms with Crippen LogP contribution in [0.25, 0.3) is 0 Å². The van der Waals surface area contributed by atoms with E-state index in [-0.39, 0.29) is 6.10 Å². The van der Waals surface area contributed by atoms with Crippen molar-refractivity contribution in [1.29, 1.82) is 0 Å². The second kappa shape index (κ2) is 6.88. The maximum absolute atomic E-state index is 5.67. The van der Waals surface area contributed by atoms with Gasteiger partial charge in [0.15, 0.2) is 0 Å². The van der Waals surface area contributed by atoms with Crippen LogP contribution in [0.4, 0.5) is 0 Å². The van der Waals surface area contributed by atoms with E-state index in [1.165, 1.54) is 32.1 Å². The molecule has 2 rings (SSSR count). The van der Waals surface area contributed by atoms with Crippen LogP contribution in [0.3, 0.4) is 0 Å². The fraction of sp³-hybridized carbons (Fsp3) is 1.00. The van der Waals surface area contributed by atoms with E-state index in [0.717, 1.165) is 18.9 Å². The van der Waals surface area contributed by atoms with Gasteiger partial charge in [-0.05, 0) is 44.9 Å². The van der Waals surface area contributed by atoms with E-state index in [4.69, 9.17) is 9.47 Å². The number of rotatable bonds is 6. The Hall–Kier alpha value is -0.120. The predicted octanol–water partition coefficient (Wildman–Crippen LogP) is 2.74. The van der Waals surface area contributed by atoms with Gasteiger partial charge >= 0.3 is 0 Å². The zero-order valence-corrected chi connectivity index (χ0v) is 12.2. The maximum atomic E-state index is 5.67. The van der Waals surface area contributed by atoms with Crippen molar-refractivity contribution in [3.8, 4) is 0 Å². The SMILES string of the molecule is CCOC1CC(NC2CCC(CC)CC2)C1OC. The van der Waals surface area contributed by atoms with Gasteiger partial charge in [0, 0.05) is 25.8 Å². The Bertz CT molecular complexity index is 239. The smallest absolute Gasteiger partial charge is 0.0986 e. The van der Waals surface area contributed by atoms with Crippen molar-refractivity contribution in [2.45, 2.75) is 76.7 Å². The summed E-state index contributed by atoms with van der Waals surface area (Å²) in [6.07, 6.45) is 8.50. The highest BCUT2D eigenvalue weighted by Gasteiger charge is 2.43. The van der Waals surface area contributed by atoms with Gasteiger partial charge in [-0.2, -0.15) is 0 Å². The van der Waals surface area contributed by atoms with Crippen LogP contribution in [0.2, 0.25) is 0 Å². The fourth-order valence-corrected chi connectivity index (χ4v) is 3.48. The van der Waals surface area contributed by atoms with E-state index in [9.17, 15) is 0 Å². The number of methoxy groups -OCH3 is 1. The van der Waals surface area contributed by atoms with Crippen LogP contribution >= 0.6 is 0 Å². The Labute approximate surface area is 112 Å². The van der Waals surface area contributed by atoms with Crippen LogP contribution in [0.15, 0.2) is 0 Å². The minimum atomic E-state index is 0.258. The van der Waals surface area contributed by atoms with E-state index in [1.807, 2.05) is 0 Å². The molecule has 2 aliphatic carbocycles. The fourth-order valence-electron chi connectivity index (χ4n) is 3.48. The van der Waals surface area contributed by atoms with Gasteiger partial charge in [-0.3, -0.25) is 0 Å². The Balaban J connectivity index is 1.71. The third kappa shape index (κ3) is 3.25. The molecule has 3 unspecified atom stereocenters. The van der Waals surface area contributed by atoms with Gasteiger partial charge in [0.2, 0.25) is 0 Å². The van der Waals surface area contributed by atoms with Crippen LogP contribution in [-0.4, -0.2) is 38.0 Å². The molecule has 3 atom stereocenters. The second-order valence-electron chi connectivity index (χ2n) is 5.83. The van der Waals surface area contributed by atoms with Gasteiger partial charge in [-0.25, -0.2) is 0 Å². The molecule has 0 aromatic rings. The Morgan fingerprint density at radius 1 is 1.11 bits per heavy atom. The first kappa shape index (κ1) is 14.3. The molecule has 0 aromatic carbocycles. The standard InChI is InChI=1S/C15H29NO2/c1-4-11-6-8-12(9-7-11)16-13-10-14(18-5-2)15(13)17-3/h11-16H,4-10H2,1-3H3. The number of hydrogen-bond donors (Lipinski definition) is 1. The van der Waals surface area contributed by atoms with Gasteiger partial charge in [0.1, 0.15) is 0 Å². The summed E-state index contributed by atoms with van der Waals surface area (Å²) in [5.41, 5.74) is 0. The van der Waals surface area contributed by atoms with E-state index in [0.29, 0.717) is 18.2 Å². The van der Waals surface area contributed by atoms with Crippen molar-refractivity contribution in [2.75, 3.05) is 13.7 Å². The van der Waals surface area contributed by atoms with Crippen molar-refractivity contribution in [1.82, 2.24) is 5.32 Å². The summed E-state index contributed by atoms with van der Waals surface area (Å²) in [5, 5.41) is 3.78. The molecule has 2 saturated carbocycles. The minimum absolute atomic E-state index is 0.258. The van der Waals surface area contributed by atoms with E-state index in [1.54, 1.807) is 7.11 Å². The zero-order valence-electron chi connectivity index (χ0n) is 12.2. The lowest BCUT2D eigenvalue weighted by Gasteiger charge is -2.46. The molecule has 0 amide bonds. The topological polar surface area (TPSA) is 30.5 Å². The quantitative estimate of drug-likeness (QED) is 0.791. The van der Waals surface area contributed by atoms with Crippen LogP contribution in [-0.2, 0) is 9.47 Å². The monoisotopic (exact) mass is 255 g/mol. The van der Waals surface area contributed by atoms with Crippen molar-refractivity contribution in [3.05, 3.63) is 0 Å². The molecule has 3 nitrogen and oxygen atoms in total. The van der Waals surface area contributed by atoms with Crippen molar-refractivity contribution < 1.29 is 9.47 Å². The highest BCUT2D eigenvalue weighted by atomic mass is 16.5. The first-order valence-electron chi connectivity index (χ1n) is 7.68. The molecule has 3 heteroatoms. The summed E-state index contributed by atoms with van der Waals surface area (Å²) in [6, 6.07) is 1.22. The Kier molecular flexibility index (Phi) is 5.46. The summed E-state index contributed by atoms with van der Waals surface area (Å²) < 4.78 is 11.2. The van der Waals surface area contributed by atoms with E-state index < -0.39 is 0 Å². The number of ether oxygens (including phenoxy) is 2. The molecule has 0 bridgehead atoms. The molecule has 2 fully saturated rings. The lowest BCUT2D eigenvalue weighted by atomic mass is 9.81. The Morgan fingerprint density at radius 3 is 2.39 bits per heavy atom. The second-order valence-corrected chi connectivity index (χ2v) is 5.83. The third-order valence-corrected chi connectivity index (χ3v) is 4.78. The molecule has 2 aliphatic rings. The first-order chi connectivity index (χ1) is 8.78. The van der Waals surface area contributed by atoms with Gasteiger partial charge in [-0.15, -0.1) is 0 Å². The summed E-state index contributed by atoms with van der Waals surface area (Å²) in [5.74, 6) is 0.971.